The summed E-state index contributed by atoms with van der Waals surface area (Å²) in [5, 5.41) is 76.3. The number of aliphatic hydroxyl groups excluding tert-OH is 2. The number of hydrogen-bond donors (Lipinski definition) is 7. The van der Waals surface area contributed by atoms with Gasteiger partial charge in [0.25, 0.3) is 5.60 Å². The first-order valence-corrected chi connectivity index (χ1v) is 13.7. The molecule has 0 amide bonds. The fourth-order valence-corrected chi connectivity index (χ4v) is 5.95. The summed E-state index contributed by atoms with van der Waals surface area (Å²) in [6.07, 6.45) is -1.93. The molecule has 3 aromatic rings. The Balaban J connectivity index is 1.72. The highest BCUT2D eigenvalue weighted by molar-refractivity contribution is 6.20. The molecule has 46 heavy (non-hydrogen) atoms. The van der Waals surface area contributed by atoms with E-state index in [1.165, 1.54) is 13.8 Å². The summed E-state index contributed by atoms with van der Waals surface area (Å²) in [7, 11) is 1.96. The molecular weight excluding hydrogens is 608 g/mol. The topological polar surface area (TPSA) is 238 Å². The van der Waals surface area contributed by atoms with Gasteiger partial charge in [0.2, 0.25) is 5.78 Å². The smallest absolute Gasteiger partial charge is 0.358 e. The minimum absolute atomic E-state index is 0.0190. The lowest BCUT2D eigenvalue weighted by atomic mass is 9.69. The average molecular weight is 637 g/mol. The van der Waals surface area contributed by atoms with Gasteiger partial charge in [0.15, 0.2) is 5.78 Å². The number of aliphatic hydroxyl groups is 2. The molecule has 14 heteroatoms. The van der Waals surface area contributed by atoms with Crippen molar-refractivity contribution in [3.8, 4) is 45.6 Å². The molecule has 14 nitrogen and oxygen atoms in total. The summed E-state index contributed by atoms with van der Waals surface area (Å²) in [6.45, 7) is 2.83. The first kappa shape index (κ1) is 31.7. The third-order valence-corrected chi connectivity index (χ3v) is 8.21. The second-order valence-corrected chi connectivity index (χ2v) is 11.0. The highest BCUT2D eigenvalue weighted by Crippen LogP contribution is 2.52. The van der Waals surface area contributed by atoms with Crippen molar-refractivity contribution in [2.75, 3.05) is 14.2 Å². The Labute approximate surface area is 259 Å². The van der Waals surface area contributed by atoms with Crippen molar-refractivity contribution in [2.24, 2.45) is 5.92 Å². The van der Waals surface area contributed by atoms with E-state index in [4.69, 9.17) is 9.47 Å². The fourth-order valence-electron chi connectivity index (χ4n) is 5.95. The maximum atomic E-state index is 13.7. The molecule has 0 bridgehead atoms. The standard InChI is InChI=1S/C32H28O14/c1-11-7-16(34)21(23(25(11)37)30(42)44-3)27(39)22-15(33)6-5-14(26(22)38)13-9-17(35)20-19(10-13)46-32(31(43)45-4)24(28(20)40)18(36)8-12(2)29(32)41/h5-7,9-10,12,29,33-35,37-38,40-41H,8H2,1-4H3. The van der Waals surface area contributed by atoms with E-state index >= 15 is 0 Å². The summed E-state index contributed by atoms with van der Waals surface area (Å²) in [5.74, 6) is -10.4. The summed E-state index contributed by atoms with van der Waals surface area (Å²) in [6, 6.07) is 5.25. The van der Waals surface area contributed by atoms with E-state index in [0.717, 1.165) is 44.6 Å². The Hall–Kier alpha value is -5.76. The van der Waals surface area contributed by atoms with Crippen molar-refractivity contribution in [2.45, 2.75) is 32.0 Å². The molecular formula is C32H28O14. The van der Waals surface area contributed by atoms with Gasteiger partial charge in [-0.15, -0.1) is 0 Å². The van der Waals surface area contributed by atoms with Crippen LogP contribution in [0.25, 0.3) is 16.9 Å². The van der Waals surface area contributed by atoms with Gasteiger partial charge in [-0.3, -0.25) is 9.59 Å². The van der Waals surface area contributed by atoms with Gasteiger partial charge >= 0.3 is 11.9 Å². The van der Waals surface area contributed by atoms with Crippen molar-refractivity contribution in [1.29, 1.82) is 0 Å². The highest BCUT2D eigenvalue weighted by Gasteiger charge is 2.63. The van der Waals surface area contributed by atoms with Crippen LogP contribution in [0.1, 0.15) is 50.8 Å². The Morgan fingerprint density at radius 2 is 1.54 bits per heavy atom. The molecule has 1 saturated carbocycles. The molecule has 1 heterocycles. The minimum atomic E-state index is -2.51. The van der Waals surface area contributed by atoms with Gasteiger partial charge in [-0.25, -0.2) is 9.59 Å². The summed E-state index contributed by atoms with van der Waals surface area (Å²) in [5.41, 5.74) is -6.21. The molecule has 2 aliphatic rings. The van der Waals surface area contributed by atoms with Crippen LogP contribution < -0.4 is 4.74 Å². The first-order chi connectivity index (χ1) is 21.6. The van der Waals surface area contributed by atoms with Gasteiger partial charge in [-0.05, 0) is 54.3 Å². The molecule has 1 fully saturated rings. The summed E-state index contributed by atoms with van der Waals surface area (Å²) >= 11 is 0. The number of benzene rings is 3. The van der Waals surface area contributed by atoms with Crippen LogP contribution in [0.5, 0.6) is 34.5 Å². The van der Waals surface area contributed by atoms with Crippen LogP contribution in [0.3, 0.4) is 0 Å². The fraction of sp³-hybridized carbons (Fsp3) is 0.250. The van der Waals surface area contributed by atoms with Crippen LogP contribution in [-0.2, 0) is 19.1 Å². The van der Waals surface area contributed by atoms with Crippen LogP contribution in [0, 0.1) is 12.8 Å². The van der Waals surface area contributed by atoms with E-state index in [1.807, 2.05) is 0 Å². The molecule has 0 spiro atoms. The van der Waals surface area contributed by atoms with Crippen LogP contribution in [-0.4, -0.2) is 85.2 Å². The second kappa shape index (κ2) is 11.0. The van der Waals surface area contributed by atoms with E-state index in [2.05, 4.69) is 4.74 Å². The lowest BCUT2D eigenvalue weighted by Crippen LogP contribution is -2.64. The number of carbonyl (C=O) groups is 4. The number of aromatic hydroxyl groups is 5. The monoisotopic (exact) mass is 636 g/mol. The van der Waals surface area contributed by atoms with Gasteiger partial charge in [0.1, 0.15) is 63.1 Å². The minimum Gasteiger partial charge on any atom is -0.507 e. The van der Waals surface area contributed by atoms with E-state index < -0.39 is 109 Å². The molecule has 0 saturated heterocycles. The second-order valence-electron chi connectivity index (χ2n) is 11.0. The zero-order chi connectivity index (χ0) is 34.0. The number of aryl methyl sites for hydroxylation is 1. The van der Waals surface area contributed by atoms with E-state index in [1.54, 1.807) is 0 Å². The summed E-state index contributed by atoms with van der Waals surface area (Å²) in [4.78, 5) is 52.3. The van der Waals surface area contributed by atoms with E-state index in [9.17, 15) is 54.9 Å². The molecule has 7 N–H and O–H groups in total. The molecule has 3 atom stereocenters. The third kappa shape index (κ3) is 4.36. The van der Waals surface area contributed by atoms with Crippen LogP contribution >= 0.6 is 0 Å². The lowest BCUT2D eigenvalue weighted by Gasteiger charge is -2.45. The molecule has 3 unspecified atom stereocenters. The van der Waals surface area contributed by atoms with Crippen LogP contribution in [0.2, 0.25) is 0 Å². The first-order valence-electron chi connectivity index (χ1n) is 13.7. The number of ether oxygens (including phenoxy) is 3. The molecule has 0 aromatic heterocycles. The number of ketones is 2. The number of phenolic OH excluding ortho intramolecular Hbond substituents is 5. The lowest BCUT2D eigenvalue weighted by molar-refractivity contribution is -0.173. The van der Waals surface area contributed by atoms with Crippen LogP contribution in [0.4, 0.5) is 0 Å². The van der Waals surface area contributed by atoms with E-state index in [0.29, 0.717) is 0 Å². The number of esters is 2. The van der Waals surface area contributed by atoms with Gasteiger partial charge in [-0.2, -0.15) is 0 Å². The normalized spacial score (nSPS) is 20.3. The van der Waals surface area contributed by atoms with Crippen molar-refractivity contribution >= 4 is 29.3 Å². The van der Waals surface area contributed by atoms with Gasteiger partial charge < -0.3 is 50.0 Å². The zero-order valence-corrected chi connectivity index (χ0v) is 24.7. The number of methoxy groups -OCH3 is 2. The predicted molar refractivity (Wildman–Crippen MR) is 156 cm³/mol. The van der Waals surface area contributed by atoms with Gasteiger partial charge in [0, 0.05) is 12.0 Å². The van der Waals surface area contributed by atoms with Gasteiger partial charge in [-0.1, -0.05) is 6.92 Å². The maximum absolute atomic E-state index is 13.7. The molecule has 1 aliphatic heterocycles. The SMILES string of the molecule is COC(=O)c1c(O)c(C)cc(O)c1C(=O)c1c(O)ccc(-c2cc(O)c3c(c2)OC2(C(=O)OC)C(=C3O)C(=O)CC(C)C2O)c1O. The molecule has 240 valence electrons. The number of hydrogen-bond acceptors (Lipinski definition) is 14. The molecule has 1 aliphatic carbocycles. The van der Waals surface area contributed by atoms with Crippen molar-refractivity contribution in [3.63, 3.8) is 0 Å². The number of fused-ring (bicyclic) bond motifs is 2. The van der Waals surface area contributed by atoms with Crippen molar-refractivity contribution in [3.05, 3.63) is 63.7 Å². The Morgan fingerprint density at radius 3 is 2.17 bits per heavy atom. The zero-order valence-electron chi connectivity index (χ0n) is 24.7. The predicted octanol–water partition coefficient (Wildman–Crippen LogP) is 2.75. The van der Waals surface area contributed by atoms with Crippen LogP contribution in [0.15, 0.2) is 35.9 Å². The Bertz CT molecular complexity index is 1910. The molecule has 5 rings (SSSR count). The molecule has 0 radical (unpaired) electrons. The highest BCUT2D eigenvalue weighted by atomic mass is 16.6. The molecule has 3 aromatic carbocycles. The number of carbonyl (C=O) groups excluding carboxylic acids is 4. The average Bonchev–Trinajstić information content (AvgIpc) is 2.99. The Morgan fingerprint density at radius 1 is 0.870 bits per heavy atom. The third-order valence-electron chi connectivity index (χ3n) is 8.21. The summed E-state index contributed by atoms with van der Waals surface area (Å²) < 4.78 is 15.4. The quantitative estimate of drug-likeness (QED) is 0.121. The number of Topliss-reactive ketones (excluding diaryl/α,β-unsaturated/α-hetero) is 1. The van der Waals surface area contributed by atoms with Crippen molar-refractivity contribution < 1.29 is 69.1 Å². The van der Waals surface area contributed by atoms with E-state index in [-0.39, 0.29) is 23.1 Å². The largest absolute Gasteiger partial charge is 0.507 e. The van der Waals surface area contributed by atoms with Gasteiger partial charge in [0.05, 0.1) is 25.4 Å². The Kier molecular flexibility index (Phi) is 7.57. The number of phenols is 5. The number of rotatable bonds is 5. The maximum Gasteiger partial charge on any atom is 0.358 e. The van der Waals surface area contributed by atoms with Crippen molar-refractivity contribution in [1.82, 2.24) is 0 Å².